The summed E-state index contributed by atoms with van der Waals surface area (Å²) in [5.74, 6) is -1.01. The molecule has 0 saturated carbocycles. The molecular weight excluding hydrogens is 284 g/mol. The van der Waals surface area contributed by atoms with Gasteiger partial charge in [0.25, 0.3) is 0 Å². The van der Waals surface area contributed by atoms with E-state index in [0.717, 1.165) is 21.3 Å². The second-order valence-electron chi connectivity index (χ2n) is 3.81. The molecule has 0 aliphatic rings. The maximum absolute atomic E-state index is 10.8. The van der Waals surface area contributed by atoms with Gasteiger partial charge in [0.15, 0.2) is 5.69 Å². The number of halogens is 1. The highest BCUT2D eigenvalue weighted by molar-refractivity contribution is 9.10. The number of aromatic carboxylic acids is 1. The Kier molecular flexibility index (Phi) is 3.02. The van der Waals surface area contributed by atoms with E-state index >= 15 is 0 Å². The third-order valence-electron chi connectivity index (χ3n) is 2.55. The van der Waals surface area contributed by atoms with E-state index in [4.69, 9.17) is 5.11 Å². The second-order valence-corrected chi connectivity index (χ2v) is 4.66. The molecule has 1 aromatic heterocycles. The number of carboxylic acids is 1. The molecule has 1 heterocycles. The van der Waals surface area contributed by atoms with E-state index in [-0.39, 0.29) is 5.69 Å². The van der Waals surface area contributed by atoms with Crippen LogP contribution < -0.4 is 0 Å². The average Bonchev–Trinajstić information content (AvgIpc) is 2.65. The average molecular weight is 295 g/mol. The molecule has 0 radical (unpaired) electrons. The van der Waals surface area contributed by atoms with Crippen molar-refractivity contribution in [2.45, 2.75) is 6.92 Å². The number of carbonyl (C=O) groups is 1. The molecule has 17 heavy (non-hydrogen) atoms. The number of hydrogen-bond donors (Lipinski definition) is 1. The normalized spacial score (nSPS) is 10.5. The SMILES string of the molecule is Cc1cc(-c2cc(C(=O)O)nn2C)ccc1Br. The van der Waals surface area contributed by atoms with Gasteiger partial charge in [-0.05, 0) is 30.7 Å². The lowest BCUT2D eigenvalue weighted by Gasteiger charge is -2.04. The van der Waals surface area contributed by atoms with Crippen LogP contribution in [0, 0.1) is 6.92 Å². The van der Waals surface area contributed by atoms with Crippen LogP contribution in [0.15, 0.2) is 28.7 Å². The lowest BCUT2D eigenvalue weighted by Crippen LogP contribution is -1.99. The zero-order valence-corrected chi connectivity index (χ0v) is 11.0. The Morgan fingerprint density at radius 2 is 2.12 bits per heavy atom. The molecule has 5 heteroatoms. The van der Waals surface area contributed by atoms with Gasteiger partial charge >= 0.3 is 5.97 Å². The molecule has 2 rings (SSSR count). The maximum Gasteiger partial charge on any atom is 0.356 e. The molecule has 2 aromatic rings. The highest BCUT2D eigenvalue weighted by Crippen LogP contribution is 2.25. The van der Waals surface area contributed by atoms with Crippen molar-refractivity contribution in [2.75, 3.05) is 0 Å². The lowest BCUT2D eigenvalue weighted by molar-refractivity contribution is 0.0689. The van der Waals surface area contributed by atoms with Gasteiger partial charge in [0.2, 0.25) is 0 Å². The fraction of sp³-hybridized carbons (Fsp3) is 0.167. The Balaban J connectivity index is 2.52. The van der Waals surface area contributed by atoms with Crippen molar-refractivity contribution in [3.63, 3.8) is 0 Å². The minimum atomic E-state index is -1.01. The Morgan fingerprint density at radius 1 is 1.41 bits per heavy atom. The molecule has 0 atom stereocenters. The number of hydrogen-bond acceptors (Lipinski definition) is 2. The van der Waals surface area contributed by atoms with E-state index in [1.54, 1.807) is 17.8 Å². The molecule has 0 aliphatic heterocycles. The zero-order chi connectivity index (χ0) is 12.6. The van der Waals surface area contributed by atoms with E-state index in [1.807, 2.05) is 25.1 Å². The summed E-state index contributed by atoms with van der Waals surface area (Å²) in [7, 11) is 1.74. The van der Waals surface area contributed by atoms with Crippen molar-refractivity contribution in [1.82, 2.24) is 9.78 Å². The first-order valence-electron chi connectivity index (χ1n) is 5.03. The van der Waals surface area contributed by atoms with Crippen LogP contribution >= 0.6 is 15.9 Å². The summed E-state index contributed by atoms with van der Waals surface area (Å²) in [5, 5.41) is 12.8. The van der Waals surface area contributed by atoms with Gasteiger partial charge in [0, 0.05) is 17.1 Å². The molecule has 0 fully saturated rings. The van der Waals surface area contributed by atoms with Crippen LogP contribution in [0.4, 0.5) is 0 Å². The summed E-state index contributed by atoms with van der Waals surface area (Å²) in [4.78, 5) is 10.8. The van der Waals surface area contributed by atoms with Gasteiger partial charge in [-0.1, -0.05) is 22.0 Å². The Labute approximate surface area is 107 Å². The quantitative estimate of drug-likeness (QED) is 0.927. The summed E-state index contributed by atoms with van der Waals surface area (Å²) >= 11 is 3.43. The van der Waals surface area contributed by atoms with Crippen molar-refractivity contribution in [3.05, 3.63) is 40.0 Å². The highest BCUT2D eigenvalue weighted by atomic mass is 79.9. The third kappa shape index (κ3) is 2.24. The van der Waals surface area contributed by atoms with Crippen molar-refractivity contribution in [2.24, 2.45) is 7.05 Å². The van der Waals surface area contributed by atoms with Crippen LogP contribution in [0.3, 0.4) is 0 Å². The number of carboxylic acid groups (broad SMARTS) is 1. The zero-order valence-electron chi connectivity index (χ0n) is 9.44. The predicted molar refractivity (Wildman–Crippen MR) is 68.0 cm³/mol. The lowest BCUT2D eigenvalue weighted by atomic mass is 10.1. The number of rotatable bonds is 2. The molecule has 88 valence electrons. The first kappa shape index (κ1) is 11.9. The topological polar surface area (TPSA) is 55.1 Å². The van der Waals surface area contributed by atoms with Gasteiger partial charge in [-0.25, -0.2) is 4.79 Å². The van der Waals surface area contributed by atoms with Crippen LogP contribution in [0.1, 0.15) is 16.1 Å². The molecule has 0 spiro atoms. The molecule has 1 N–H and O–H groups in total. The van der Waals surface area contributed by atoms with Crippen LogP contribution in [0.25, 0.3) is 11.3 Å². The molecule has 4 nitrogen and oxygen atoms in total. The minimum absolute atomic E-state index is 0.0584. The largest absolute Gasteiger partial charge is 0.476 e. The number of nitrogens with zero attached hydrogens (tertiary/aromatic N) is 2. The van der Waals surface area contributed by atoms with E-state index in [0.29, 0.717) is 0 Å². The smallest absolute Gasteiger partial charge is 0.356 e. The van der Waals surface area contributed by atoms with E-state index < -0.39 is 5.97 Å². The van der Waals surface area contributed by atoms with Crippen LogP contribution in [-0.4, -0.2) is 20.9 Å². The van der Waals surface area contributed by atoms with Crippen LogP contribution in [0.2, 0.25) is 0 Å². The summed E-state index contributed by atoms with van der Waals surface area (Å²) in [5.41, 5.74) is 2.90. The Morgan fingerprint density at radius 3 is 2.65 bits per heavy atom. The molecule has 0 aliphatic carbocycles. The maximum atomic E-state index is 10.8. The summed E-state index contributed by atoms with van der Waals surface area (Å²) in [6.07, 6.45) is 0. The Bertz CT molecular complexity index is 590. The molecule has 1 aromatic carbocycles. The highest BCUT2D eigenvalue weighted by Gasteiger charge is 2.12. The summed E-state index contributed by atoms with van der Waals surface area (Å²) < 4.78 is 2.61. The molecule has 0 amide bonds. The van der Waals surface area contributed by atoms with Crippen LogP contribution in [-0.2, 0) is 7.05 Å². The number of aryl methyl sites for hydroxylation is 2. The van der Waals surface area contributed by atoms with E-state index in [9.17, 15) is 4.79 Å². The third-order valence-corrected chi connectivity index (χ3v) is 3.44. The molecular formula is C12H11BrN2O2. The monoisotopic (exact) mass is 294 g/mol. The van der Waals surface area contributed by atoms with Crippen molar-refractivity contribution >= 4 is 21.9 Å². The summed E-state index contributed by atoms with van der Waals surface area (Å²) in [6.45, 7) is 1.99. The summed E-state index contributed by atoms with van der Waals surface area (Å²) in [6, 6.07) is 7.44. The van der Waals surface area contributed by atoms with Gasteiger partial charge < -0.3 is 5.11 Å². The van der Waals surface area contributed by atoms with Crippen molar-refractivity contribution in [3.8, 4) is 11.3 Å². The van der Waals surface area contributed by atoms with E-state index in [2.05, 4.69) is 21.0 Å². The van der Waals surface area contributed by atoms with Gasteiger partial charge in [-0.2, -0.15) is 5.10 Å². The molecule has 0 saturated heterocycles. The second kappa shape index (κ2) is 4.33. The van der Waals surface area contributed by atoms with Gasteiger partial charge in [-0.15, -0.1) is 0 Å². The molecule has 0 unspecified atom stereocenters. The number of aromatic nitrogens is 2. The van der Waals surface area contributed by atoms with Gasteiger partial charge in [0.1, 0.15) is 0 Å². The van der Waals surface area contributed by atoms with Crippen molar-refractivity contribution in [1.29, 1.82) is 0 Å². The van der Waals surface area contributed by atoms with E-state index in [1.165, 1.54) is 0 Å². The van der Waals surface area contributed by atoms with Crippen molar-refractivity contribution < 1.29 is 9.90 Å². The standard InChI is InChI=1S/C12H11BrN2O2/c1-7-5-8(3-4-9(7)13)11-6-10(12(16)17)14-15(11)2/h3-6H,1-2H3,(H,16,17). The first-order valence-corrected chi connectivity index (χ1v) is 5.82. The Hall–Kier alpha value is -1.62. The number of benzene rings is 1. The fourth-order valence-corrected chi connectivity index (χ4v) is 1.89. The minimum Gasteiger partial charge on any atom is -0.476 e. The fourth-order valence-electron chi connectivity index (χ4n) is 1.65. The first-order chi connectivity index (χ1) is 7.99. The van der Waals surface area contributed by atoms with Gasteiger partial charge in [-0.3, -0.25) is 4.68 Å². The molecule has 0 bridgehead atoms. The predicted octanol–water partition coefficient (Wildman–Crippen LogP) is 2.86. The van der Waals surface area contributed by atoms with Crippen LogP contribution in [0.5, 0.6) is 0 Å². The van der Waals surface area contributed by atoms with Gasteiger partial charge in [0.05, 0.1) is 5.69 Å².